The van der Waals surface area contributed by atoms with E-state index >= 15 is 0 Å². The number of carbonyl (C=O) groups is 3. The van der Waals surface area contributed by atoms with E-state index in [9.17, 15) is 14.4 Å². The van der Waals surface area contributed by atoms with Crippen LogP contribution in [0.2, 0.25) is 0 Å². The summed E-state index contributed by atoms with van der Waals surface area (Å²) < 4.78 is 0. The van der Waals surface area contributed by atoms with Gasteiger partial charge in [0.15, 0.2) is 0 Å². The van der Waals surface area contributed by atoms with Crippen LogP contribution in [0.1, 0.15) is 30.3 Å². The van der Waals surface area contributed by atoms with Crippen molar-refractivity contribution in [2.45, 2.75) is 25.3 Å². The third-order valence-corrected chi connectivity index (χ3v) is 6.26. The van der Waals surface area contributed by atoms with Gasteiger partial charge in [-0.15, -0.1) is 0 Å². The summed E-state index contributed by atoms with van der Waals surface area (Å²) in [4.78, 5) is 47.5. The minimum atomic E-state index is -0.422. The number of benzene rings is 2. The van der Waals surface area contributed by atoms with Gasteiger partial charge < -0.3 is 10.3 Å². The average molecular weight is 428 g/mol. The highest BCUT2D eigenvalue weighted by Crippen LogP contribution is 2.34. The van der Waals surface area contributed by atoms with E-state index < -0.39 is 6.04 Å². The predicted octanol–water partition coefficient (Wildman–Crippen LogP) is 2.91. The van der Waals surface area contributed by atoms with Crippen LogP contribution in [0.4, 0.5) is 0 Å². The molecule has 1 fully saturated rings. The molecule has 0 unspecified atom stereocenters. The number of likely N-dealkylation sites (tertiary alicyclic amines) is 1. The molecule has 1 aliphatic heterocycles. The third kappa shape index (κ3) is 3.82. The van der Waals surface area contributed by atoms with Crippen molar-refractivity contribution in [2.75, 3.05) is 6.54 Å². The monoisotopic (exact) mass is 428 g/mol. The molecule has 1 aliphatic carbocycles. The maximum Gasteiger partial charge on any atom is 0.240 e. The lowest BCUT2D eigenvalue weighted by molar-refractivity contribution is -0.143. The molecule has 3 amide bonds. The van der Waals surface area contributed by atoms with E-state index in [1.807, 2.05) is 66.7 Å². The van der Waals surface area contributed by atoms with Crippen LogP contribution in [-0.4, -0.2) is 39.1 Å². The number of para-hydroxylation sites is 2. The first-order valence-corrected chi connectivity index (χ1v) is 10.9. The predicted molar refractivity (Wildman–Crippen MR) is 119 cm³/mol. The van der Waals surface area contributed by atoms with Crippen molar-refractivity contribution in [1.82, 2.24) is 20.2 Å². The van der Waals surface area contributed by atoms with Crippen LogP contribution in [-0.2, 0) is 20.8 Å². The number of aromatic nitrogens is 2. The van der Waals surface area contributed by atoms with Gasteiger partial charge in [0.25, 0.3) is 0 Å². The number of fused-ring (bicyclic) bond motifs is 2. The Bertz CT molecular complexity index is 1140. The van der Waals surface area contributed by atoms with Crippen LogP contribution >= 0.6 is 0 Å². The van der Waals surface area contributed by atoms with Crippen LogP contribution in [0.25, 0.3) is 11.0 Å². The van der Waals surface area contributed by atoms with E-state index in [-0.39, 0.29) is 36.1 Å². The van der Waals surface area contributed by atoms with Crippen LogP contribution in [0, 0.1) is 11.8 Å². The average Bonchev–Trinajstić information content (AvgIpc) is 3.35. The van der Waals surface area contributed by atoms with Crippen molar-refractivity contribution >= 4 is 28.8 Å². The fourth-order valence-electron chi connectivity index (χ4n) is 4.61. The Balaban J connectivity index is 1.35. The number of nitrogens with one attached hydrogen (secondary N) is 2. The molecule has 2 aromatic carbocycles. The highest BCUT2D eigenvalue weighted by Gasteiger charge is 2.47. The van der Waals surface area contributed by atoms with Gasteiger partial charge in [0, 0.05) is 0 Å². The van der Waals surface area contributed by atoms with Crippen LogP contribution in [0.5, 0.6) is 0 Å². The van der Waals surface area contributed by atoms with Crippen molar-refractivity contribution in [3.05, 3.63) is 78.1 Å². The SMILES string of the molecule is O=C(CN1C(=O)[C@H]2CC=CC[C@H]2C1=O)N[C@@H](Cc1ccccc1)c1nc2ccccc2[nH]1. The van der Waals surface area contributed by atoms with Gasteiger partial charge in [-0.25, -0.2) is 4.98 Å². The minimum absolute atomic E-state index is 0.247. The zero-order valence-electron chi connectivity index (χ0n) is 17.5. The molecule has 162 valence electrons. The summed E-state index contributed by atoms with van der Waals surface area (Å²) in [5.74, 6) is -0.905. The first kappa shape index (κ1) is 20.2. The Morgan fingerprint density at radius 3 is 2.34 bits per heavy atom. The number of H-pyrrole nitrogens is 1. The van der Waals surface area contributed by atoms with Crippen LogP contribution in [0.3, 0.4) is 0 Å². The molecule has 1 aromatic heterocycles. The van der Waals surface area contributed by atoms with E-state index in [2.05, 4.69) is 15.3 Å². The summed E-state index contributed by atoms with van der Waals surface area (Å²) in [6, 6.07) is 17.1. The largest absolute Gasteiger partial charge is 0.344 e. The number of amides is 3. The summed E-state index contributed by atoms with van der Waals surface area (Å²) in [6.07, 6.45) is 5.52. The van der Waals surface area contributed by atoms with Gasteiger partial charge in [0.2, 0.25) is 17.7 Å². The number of nitrogens with zero attached hydrogens (tertiary/aromatic N) is 2. The number of hydrogen-bond acceptors (Lipinski definition) is 4. The Hall–Kier alpha value is -3.74. The van der Waals surface area contributed by atoms with Gasteiger partial charge in [0.1, 0.15) is 12.4 Å². The fraction of sp³-hybridized carbons (Fsp3) is 0.280. The van der Waals surface area contributed by atoms with E-state index in [1.165, 1.54) is 0 Å². The first-order chi connectivity index (χ1) is 15.6. The summed E-state index contributed by atoms with van der Waals surface area (Å²) in [7, 11) is 0. The molecule has 2 heterocycles. The number of hydrogen-bond donors (Lipinski definition) is 2. The number of imide groups is 1. The number of imidazole rings is 1. The van der Waals surface area contributed by atoms with Crippen LogP contribution in [0.15, 0.2) is 66.7 Å². The number of aromatic amines is 1. The zero-order valence-corrected chi connectivity index (χ0v) is 17.5. The number of allylic oxidation sites excluding steroid dienone is 2. The third-order valence-electron chi connectivity index (χ3n) is 6.26. The molecular formula is C25H24N4O3. The second kappa shape index (κ2) is 8.42. The first-order valence-electron chi connectivity index (χ1n) is 10.9. The summed E-state index contributed by atoms with van der Waals surface area (Å²) >= 11 is 0. The van der Waals surface area contributed by atoms with Gasteiger partial charge >= 0.3 is 0 Å². The van der Waals surface area contributed by atoms with E-state index in [0.29, 0.717) is 25.1 Å². The molecule has 0 bridgehead atoms. The maximum absolute atomic E-state index is 13.0. The van der Waals surface area contributed by atoms with Crippen LogP contribution < -0.4 is 5.32 Å². The molecule has 32 heavy (non-hydrogen) atoms. The fourth-order valence-corrected chi connectivity index (χ4v) is 4.61. The highest BCUT2D eigenvalue weighted by atomic mass is 16.2. The molecule has 3 atom stereocenters. The lowest BCUT2D eigenvalue weighted by Crippen LogP contribution is -2.42. The maximum atomic E-state index is 13.0. The molecule has 2 N–H and O–H groups in total. The quantitative estimate of drug-likeness (QED) is 0.466. The van der Waals surface area contributed by atoms with Gasteiger partial charge in [-0.1, -0.05) is 54.6 Å². The summed E-state index contributed by atoms with van der Waals surface area (Å²) in [5.41, 5.74) is 2.75. The lowest BCUT2D eigenvalue weighted by atomic mass is 9.85. The van der Waals surface area contributed by atoms with Crippen molar-refractivity contribution in [2.24, 2.45) is 11.8 Å². The van der Waals surface area contributed by atoms with Crippen molar-refractivity contribution < 1.29 is 14.4 Å². The van der Waals surface area contributed by atoms with Gasteiger partial charge in [-0.2, -0.15) is 0 Å². The lowest BCUT2D eigenvalue weighted by Gasteiger charge is -2.20. The normalized spacial score (nSPS) is 21.1. The molecule has 3 aromatic rings. The molecule has 0 spiro atoms. The topological polar surface area (TPSA) is 95.2 Å². The van der Waals surface area contributed by atoms with Gasteiger partial charge in [0.05, 0.1) is 28.9 Å². The van der Waals surface area contributed by atoms with Crippen molar-refractivity contribution in [3.8, 4) is 0 Å². The Morgan fingerprint density at radius 1 is 1.00 bits per heavy atom. The highest BCUT2D eigenvalue weighted by molar-refractivity contribution is 6.07. The molecule has 2 aliphatic rings. The van der Waals surface area contributed by atoms with E-state index in [0.717, 1.165) is 21.5 Å². The molecule has 0 radical (unpaired) electrons. The van der Waals surface area contributed by atoms with Gasteiger partial charge in [-0.05, 0) is 37.0 Å². The Kier molecular flexibility index (Phi) is 5.31. The summed E-state index contributed by atoms with van der Waals surface area (Å²) in [6.45, 7) is -0.268. The molecular weight excluding hydrogens is 404 g/mol. The number of carbonyl (C=O) groups excluding carboxylic acids is 3. The number of rotatable bonds is 6. The molecule has 0 saturated carbocycles. The zero-order chi connectivity index (χ0) is 22.1. The molecule has 5 rings (SSSR count). The smallest absolute Gasteiger partial charge is 0.240 e. The molecule has 7 nitrogen and oxygen atoms in total. The van der Waals surface area contributed by atoms with E-state index in [4.69, 9.17) is 0 Å². The minimum Gasteiger partial charge on any atom is -0.344 e. The Labute approximate surface area is 185 Å². The van der Waals surface area contributed by atoms with E-state index in [1.54, 1.807) is 0 Å². The second-order valence-electron chi connectivity index (χ2n) is 8.37. The Morgan fingerprint density at radius 2 is 1.66 bits per heavy atom. The second-order valence-corrected chi connectivity index (χ2v) is 8.37. The standard InChI is InChI=1S/C25H24N4O3/c30-22(15-29-24(31)17-10-4-5-11-18(17)25(29)32)26-21(14-16-8-2-1-3-9-16)23-27-19-12-6-7-13-20(19)28-23/h1-9,12-13,17-18,21H,10-11,14-15H2,(H,26,30)(H,27,28)/t17-,18+,21-/m0/s1. The van der Waals surface area contributed by atoms with Crippen molar-refractivity contribution in [3.63, 3.8) is 0 Å². The van der Waals surface area contributed by atoms with Gasteiger partial charge in [-0.3, -0.25) is 19.3 Å². The molecule has 7 heteroatoms. The molecule has 1 saturated heterocycles. The van der Waals surface area contributed by atoms with Crippen molar-refractivity contribution in [1.29, 1.82) is 0 Å². The summed E-state index contributed by atoms with van der Waals surface area (Å²) in [5, 5.41) is 3.00.